The first-order chi connectivity index (χ1) is 11.6. The number of hydrogen-bond acceptors (Lipinski definition) is 6. The SMILES string of the molecule is CCn1c(C)nnc1SCCNC(=O)c1ccc2sc(C)nc2c1. The topological polar surface area (TPSA) is 72.7 Å². The van der Waals surface area contributed by atoms with Crippen LogP contribution in [0, 0.1) is 13.8 Å². The van der Waals surface area contributed by atoms with Crippen molar-refractivity contribution in [1.82, 2.24) is 25.1 Å². The van der Waals surface area contributed by atoms with E-state index in [1.165, 1.54) is 0 Å². The van der Waals surface area contributed by atoms with Gasteiger partial charge in [0.2, 0.25) is 0 Å². The molecule has 1 amide bonds. The maximum atomic E-state index is 12.3. The molecular formula is C16H19N5OS2. The first-order valence-electron chi connectivity index (χ1n) is 7.76. The molecule has 126 valence electrons. The summed E-state index contributed by atoms with van der Waals surface area (Å²) in [4.78, 5) is 16.7. The number of thioether (sulfide) groups is 1. The lowest BCUT2D eigenvalue weighted by Gasteiger charge is -2.06. The van der Waals surface area contributed by atoms with Crippen molar-refractivity contribution >= 4 is 39.2 Å². The molecule has 0 aliphatic rings. The van der Waals surface area contributed by atoms with Crippen LogP contribution in [-0.4, -0.2) is 38.0 Å². The Morgan fingerprint density at radius 3 is 2.96 bits per heavy atom. The summed E-state index contributed by atoms with van der Waals surface area (Å²) >= 11 is 3.24. The largest absolute Gasteiger partial charge is 0.351 e. The Balaban J connectivity index is 1.54. The number of aryl methyl sites for hydroxylation is 2. The standard InChI is InChI=1S/C16H19N5OS2/c1-4-21-10(2)19-20-16(21)23-8-7-17-15(22)12-5-6-14-13(9-12)18-11(3)24-14/h5-6,9H,4,7-8H2,1-3H3,(H,17,22). The van der Waals surface area contributed by atoms with Gasteiger partial charge in [-0.2, -0.15) is 0 Å². The molecule has 2 heterocycles. The fourth-order valence-corrected chi connectivity index (χ4v) is 4.13. The van der Waals surface area contributed by atoms with E-state index >= 15 is 0 Å². The normalized spacial score (nSPS) is 11.1. The zero-order chi connectivity index (χ0) is 17.1. The second-order valence-corrected chi connectivity index (χ2v) is 7.59. The lowest BCUT2D eigenvalue weighted by atomic mass is 10.2. The van der Waals surface area contributed by atoms with E-state index in [1.807, 2.05) is 32.0 Å². The van der Waals surface area contributed by atoms with Crippen LogP contribution in [0.2, 0.25) is 0 Å². The number of carbonyl (C=O) groups is 1. The van der Waals surface area contributed by atoms with Gasteiger partial charge >= 0.3 is 0 Å². The van der Waals surface area contributed by atoms with Gasteiger partial charge in [-0.3, -0.25) is 4.79 Å². The van der Waals surface area contributed by atoms with E-state index in [0.29, 0.717) is 12.1 Å². The molecule has 6 nitrogen and oxygen atoms in total. The molecule has 0 radical (unpaired) electrons. The highest BCUT2D eigenvalue weighted by molar-refractivity contribution is 7.99. The number of nitrogens with zero attached hydrogens (tertiary/aromatic N) is 4. The number of fused-ring (bicyclic) bond motifs is 1. The van der Waals surface area contributed by atoms with E-state index in [-0.39, 0.29) is 5.91 Å². The maximum Gasteiger partial charge on any atom is 0.251 e. The van der Waals surface area contributed by atoms with Crippen LogP contribution in [0.25, 0.3) is 10.2 Å². The second kappa shape index (κ2) is 7.31. The van der Waals surface area contributed by atoms with Crippen molar-refractivity contribution in [2.75, 3.05) is 12.3 Å². The lowest BCUT2D eigenvalue weighted by molar-refractivity contribution is 0.0956. The Morgan fingerprint density at radius 2 is 2.17 bits per heavy atom. The van der Waals surface area contributed by atoms with E-state index in [0.717, 1.165) is 38.5 Å². The third-order valence-electron chi connectivity index (χ3n) is 3.59. The molecule has 3 rings (SSSR count). The molecule has 1 aromatic carbocycles. The summed E-state index contributed by atoms with van der Waals surface area (Å²) in [5.74, 6) is 1.59. The van der Waals surface area contributed by atoms with Crippen molar-refractivity contribution in [3.63, 3.8) is 0 Å². The quantitative estimate of drug-likeness (QED) is 0.540. The van der Waals surface area contributed by atoms with Crippen LogP contribution in [0.15, 0.2) is 23.4 Å². The van der Waals surface area contributed by atoms with Crippen LogP contribution >= 0.6 is 23.1 Å². The minimum atomic E-state index is -0.0729. The molecule has 0 bridgehead atoms. The van der Waals surface area contributed by atoms with Gasteiger partial charge in [-0.05, 0) is 39.0 Å². The molecule has 0 aliphatic heterocycles. The monoisotopic (exact) mass is 361 g/mol. The molecule has 24 heavy (non-hydrogen) atoms. The molecule has 2 aromatic heterocycles. The van der Waals surface area contributed by atoms with Crippen molar-refractivity contribution < 1.29 is 4.79 Å². The summed E-state index contributed by atoms with van der Waals surface area (Å²) in [5.41, 5.74) is 1.52. The Morgan fingerprint density at radius 1 is 1.33 bits per heavy atom. The highest BCUT2D eigenvalue weighted by Crippen LogP contribution is 2.22. The van der Waals surface area contributed by atoms with Crippen molar-refractivity contribution in [3.05, 3.63) is 34.6 Å². The molecule has 0 spiro atoms. The Kier molecular flexibility index (Phi) is 5.15. The molecule has 0 fully saturated rings. The van der Waals surface area contributed by atoms with Gasteiger partial charge in [-0.1, -0.05) is 11.8 Å². The summed E-state index contributed by atoms with van der Waals surface area (Å²) in [6.07, 6.45) is 0. The molecule has 3 aromatic rings. The maximum absolute atomic E-state index is 12.3. The van der Waals surface area contributed by atoms with E-state index in [1.54, 1.807) is 23.1 Å². The van der Waals surface area contributed by atoms with Crippen LogP contribution < -0.4 is 5.32 Å². The number of hydrogen-bond donors (Lipinski definition) is 1. The minimum absolute atomic E-state index is 0.0729. The summed E-state index contributed by atoms with van der Waals surface area (Å²) in [6, 6.07) is 5.65. The molecule has 0 saturated heterocycles. The summed E-state index contributed by atoms with van der Waals surface area (Å²) in [7, 11) is 0. The van der Waals surface area contributed by atoms with Gasteiger partial charge in [0.1, 0.15) is 5.82 Å². The zero-order valence-corrected chi connectivity index (χ0v) is 15.5. The average Bonchev–Trinajstić information content (AvgIpc) is 3.11. The van der Waals surface area contributed by atoms with Gasteiger partial charge in [-0.15, -0.1) is 21.5 Å². The Bertz CT molecular complexity index is 871. The fourth-order valence-electron chi connectivity index (χ4n) is 2.43. The predicted octanol–water partition coefficient (Wildman–Crippen LogP) is 3.05. The fraction of sp³-hybridized carbons (Fsp3) is 0.375. The van der Waals surface area contributed by atoms with E-state index in [4.69, 9.17) is 0 Å². The van der Waals surface area contributed by atoms with E-state index in [9.17, 15) is 4.79 Å². The van der Waals surface area contributed by atoms with Gasteiger partial charge in [0.05, 0.1) is 15.2 Å². The van der Waals surface area contributed by atoms with Crippen molar-refractivity contribution in [1.29, 1.82) is 0 Å². The molecule has 0 unspecified atom stereocenters. The van der Waals surface area contributed by atoms with Gasteiger partial charge in [0, 0.05) is 24.4 Å². The third-order valence-corrected chi connectivity index (χ3v) is 5.51. The molecular weight excluding hydrogens is 342 g/mol. The van der Waals surface area contributed by atoms with Crippen LogP contribution in [0.5, 0.6) is 0 Å². The second-order valence-electron chi connectivity index (χ2n) is 5.29. The Hall–Kier alpha value is -1.93. The minimum Gasteiger partial charge on any atom is -0.351 e. The number of thiazole rings is 1. The number of amides is 1. The van der Waals surface area contributed by atoms with Gasteiger partial charge in [0.15, 0.2) is 5.16 Å². The number of benzene rings is 1. The summed E-state index contributed by atoms with van der Waals surface area (Å²) < 4.78 is 3.17. The molecule has 1 N–H and O–H groups in total. The van der Waals surface area contributed by atoms with Crippen molar-refractivity contribution in [2.45, 2.75) is 32.5 Å². The highest BCUT2D eigenvalue weighted by atomic mass is 32.2. The first kappa shape index (κ1) is 16.9. The van der Waals surface area contributed by atoms with Gasteiger partial charge in [0.25, 0.3) is 5.91 Å². The average molecular weight is 361 g/mol. The van der Waals surface area contributed by atoms with Crippen LogP contribution in [0.1, 0.15) is 28.1 Å². The molecule has 0 aliphatic carbocycles. The number of aromatic nitrogens is 4. The van der Waals surface area contributed by atoms with Gasteiger partial charge in [-0.25, -0.2) is 4.98 Å². The summed E-state index contributed by atoms with van der Waals surface area (Å²) in [6.45, 7) is 7.41. The molecule has 8 heteroatoms. The van der Waals surface area contributed by atoms with Crippen LogP contribution in [0.4, 0.5) is 0 Å². The van der Waals surface area contributed by atoms with Crippen LogP contribution in [0.3, 0.4) is 0 Å². The highest BCUT2D eigenvalue weighted by Gasteiger charge is 2.10. The predicted molar refractivity (Wildman–Crippen MR) is 97.8 cm³/mol. The van der Waals surface area contributed by atoms with E-state index in [2.05, 4.69) is 32.0 Å². The van der Waals surface area contributed by atoms with Crippen molar-refractivity contribution in [2.24, 2.45) is 0 Å². The number of nitrogens with one attached hydrogen (secondary N) is 1. The summed E-state index contributed by atoms with van der Waals surface area (Å²) in [5, 5.41) is 13.1. The lowest BCUT2D eigenvalue weighted by Crippen LogP contribution is -2.25. The van der Waals surface area contributed by atoms with Crippen molar-refractivity contribution in [3.8, 4) is 0 Å². The first-order valence-corrected chi connectivity index (χ1v) is 9.56. The Labute approximate surface area is 148 Å². The zero-order valence-electron chi connectivity index (χ0n) is 13.9. The number of carbonyl (C=O) groups excluding carboxylic acids is 1. The third kappa shape index (κ3) is 3.59. The smallest absolute Gasteiger partial charge is 0.251 e. The molecule has 0 atom stereocenters. The molecule has 0 saturated carbocycles. The van der Waals surface area contributed by atoms with E-state index < -0.39 is 0 Å². The van der Waals surface area contributed by atoms with Gasteiger partial charge < -0.3 is 9.88 Å². The van der Waals surface area contributed by atoms with Crippen LogP contribution in [-0.2, 0) is 6.54 Å². The number of rotatable bonds is 6.